The summed E-state index contributed by atoms with van der Waals surface area (Å²) in [6.45, 7) is 4.74. The van der Waals surface area contributed by atoms with Gasteiger partial charge in [-0.25, -0.2) is 9.78 Å². The second-order valence-electron chi connectivity index (χ2n) is 9.98. The van der Waals surface area contributed by atoms with Crippen molar-refractivity contribution in [3.05, 3.63) is 94.9 Å². The van der Waals surface area contributed by atoms with Gasteiger partial charge in [-0.15, -0.1) is 0 Å². The van der Waals surface area contributed by atoms with Crippen LogP contribution in [-0.2, 0) is 15.1 Å². The molecule has 1 unspecified atom stereocenters. The van der Waals surface area contributed by atoms with Gasteiger partial charge in [0.15, 0.2) is 0 Å². The fourth-order valence-electron chi connectivity index (χ4n) is 5.67. The predicted octanol–water partition coefficient (Wildman–Crippen LogP) is 5.50. The Morgan fingerprint density at radius 3 is 2.97 bits per heavy atom. The van der Waals surface area contributed by atoms with Gasteiger partial charge in [0.1, 0.15) is 17.5 Å². The van der Waals surface area contributed by atoms with Crippen molar-refractivity contribution in [3.63, 3.8) is 0 Å². The maximum atomic E-state index is 12.3. The van der Waals surface area contributed by atoms with Gasteiger partial charge < -0.3 is 19.1 Å². The number of piperidine rings is 1. The number of ether oxygens (including phenoxy) is 3. The monoisotopic (exact) mass is 497 g/mol. The topological polar surface area (TPSA) is 72.9 Å². The Balaban J connectivity index is 1.18. The van der Waals surface area contributed by atoms with Gasteiger partial charge in [0, 0.05) is 62.5 Å². The molecule has 1 spiro atoms. The van der Waals surface area contributed by atoms with E-state index in [-0.39, 0.29) is 12.2 Å². The van der Waals surface area contributed by atoms with E-state index in [4.69, 9.17) is 14.2 Å². The molecule has 0 saturated carbocycles. The summed E-state index contributed by atoms with van der Waals surface area (Å²) in [6.07, 6.45) is 14.1. The summed E-state index contributed by atoms with van der Waals surface area (Å²) in [4.78, 5) is 19.2. The van der Waals surface area contributed by atoms with Crippen molar-refractivity contribution in [3.8, 4) is 5.88 Å². The lowest BCUT2D eigenvalue weighted by Crippen LogP contribution is -2.48. The number of rotatable bonds is 4. The zero-order valence-electron chi connectivity index (χ0n) is 21.2. The van der Waals surface area contributed by atoms with Crippen molar-refractivity contribution in [2.45, 2.75) is 37.9 Å². The average Bonchev–Trinajstić information content (AvgIpc) is 3.07. The van der Waals surface area contributed by atoms with Crippen molar-refractivity contribution in [1.82, 2.24) is 9.88 Å². The highest BCUT2D eigenvalue weighted by atomic mass is 16.6. The molecule has 1 aliphatic carbocycles. The van der Waals surface area contributed by atoms with E-state index in [2.05, 4.69) is 40.3 Å². The van der Waals surface area contributed by atoms with E-state index in [0.717, 1.165) is 72.6 Å². The minimum Gasteiger partial charge on any atom is -0.438 e. The van der Waals surface area contributed by atoms with Crippen LogP contribution in [-0.4, -0.2) is 48.8 Å². The number of anilines is 1. The van der Waals surface area contributed by atoms with E-state index >= 15 is 0 Å². The number of allylic oxidation sites excluding steroid dienone is 4. The lowest BCUT2D eigenvalue weighted by Gasteiger charge is -2.44. The van der Waals surface area contributed by atoms with E-state index in [1.165, 1.54) is 5.56 Å². The van der Waals surface area contributed by atoms with E-state index < -0.39 is 5.60 Å². The van der Waals surface area contributed by atoms with Gasteiger partial charge in [0.2, 0.25) is 5.88 Å². The van der Waals surface area contributed by atoms with Gasteiger partial charge in [0.25, 0.3) is 0 Å². The molecule has 1 atom stereocenters. The zero-order valence-corrected chi connectivity index (χ0v) is 21.2. The number of pyridine rings is 1. The number of aryl methyl sites for hydroxylation is 1. The summed E-state index contributed by atoms with van der Waals surface area (Å²) < 4.78 is 17.8. The lowest BCUT2D eigenvalue weighted by molar-refractivity contribution is -0.0375. The first kappa shape index (κ1) is 23.7. The molecule has 190 valence electrons. The first-order chi connectivity index (χ1) is 18.0. The molecule has 7 nitrogen and oxygen atoms in total. The molecule has 4 heterocycles. The Labute approximate surface area is 217 Å². The fraction of sp³-hybridized carbons (Fsp3) is 0.333. The van der Waals surface area contributed by atoms with E-state index in [1.54, 1.807) is 13.3 Å². The third-order valence-corrected chi connectivity index (χ3v) is 7.64. The fourth-order valence-corrected chi connectivity index (χ4v) is 5.67. The molecule has 4 aliphatic rings. The van der Waals surface area contributed by atoms with Crippen LogP contribution in [0, 0.1) is 6.92 Å². The minimum atomic E-state index is -0.543. The Kier molecular flexibility index (Phi) is 6.18. The summed E-state index contributed by atoms with van der Waals surface area (Å²) in [7, 11) is 1.71. The minimum absolute atomic E-state index is 0.157. The molecule has 1 N–H and O–H groups in total. The third kappa shape index (κ3) is 4.49. The largest absolute Gasteiger partial charge is 0.438 e. The van der Waals surface area contributed by atoms with Crippen LogP contribution in [0.25, 0.3) is 5.57 Å². The highest BCUT2D eigenvalue weighted by Gasteiger charge is 2.44. The van der Waals surface area contributed by atoms with Crippen LogP contribution < -0.4 is 10.1 Å². The molecule has 7 heteroatoms. The second-order valence-corrected chi connectivity index (χ2v) is 9.98. The number of likely N-dealkylation sites (tertiary alicyclic amines) is 1. The first-order valence-corrected chi connectivity index (χ1v) is 12.8. The smallest absolute Gasteiger partial charge is 0.412 e. The van der Waals surface area contributed by atoms with Gasteiger partial charge >= 0.3 is 6.09 Å². The summed E-state index contributed by atoms with van der Waals surface area (Å²) in [6, 6.07) is 10.2. The van der Waals surface area contributed by atoms with Gasteiger partial charge in [-0.2, -0.15) is 0 Å². The molecule has 1 fully saturated rings. The van der Waals surface area contributed by atoms with E-state index in [0.29, 0.717) is 5.88 Å². The molecule has 1 amide bonds. The maximum Gasteiger partial charge on any atom is 0.412 e. The number of aromatic nitrogens is 1. The molecule has 1 saturated heterocycles. The molecule has 1 aromatic carbocycles. The summed E-state index contributed by atoms with van der Waals surface area (Å²) in [5, 5.41) is 2.86. The molecule has 0 bridgehead atoms. The molecule has 37 heavy (non-hydrogen) atoms. The normalized spacial score (nSPS) is 23.0. The standard InChI is InChI=1S/C30H31N3O4/c1-20-10-11-25-24(18-20)30(37-29(34)32-25)12-16-33(17-13-30)15-5-6-21-19-23-26(35-2)8-3-9-27(23)36-28-22(21)7-4-14-31-28/h3-4,6-11,14,18-19,26H,5,12-13,15-17H2,1-2H3,(H,32,34). The van der Waals surface area contributed by atoms with Crippen molar-refractivity contribution in [1.29, 1.82) is 0 Å². The van der Waals surface area contributed by atoms with Crippen LogP contribution in [0.2, 0.25) is 0 Å². The Morgan fingerprint density at radius 2 is 2.14 bits per heavy atom. The second kappa shape index (κ2) is 9.65. The van der Waals surface area contributed by atoms with Crippen molar-refractivity contribution in [2.75, 3.05) is 32.1 Å². The van der Waals surface area contributed by atoms with Crippen LogP contribution in [0.1, 0.15) is 36.0 Å². The Bertz CT molecular complexity index is 1350. The number of nitrogens with one attached hydrogen (secondary N) is 1. The van der Waals surface area contributed by atoms with Crippen LogP contribution in [0.4, 0.5) is 10.5 Å². The van der Waals surface area contributed by atoms with Gasteiger partial charge in [0.05, 0.1) is 5.69 Å². The summed E-state index contributed by atoms with van der Waals surface area (Å²) in [5.41, 5.74) is 5.66. The van der Waals surface area contributed by atoms with Gasteiger partial charge in [-0.05, 0) is 55.3 Å². The zero-order chi connectivity index (χ0) is 25.4. The van der Waals surface area contributed by atoms with Crippen molar-refractivity contribution < 1.29 is 19.0 Å². The van der Waals surface area contributed by atoms with Crippen LogP contribution in [0.3, 0.4) is 0 Å². The molecular formula is C30H31N3O4. The highest BCUT2D eigenvalue weighted by Crippen LogP contribution is 2.44. The van der Waals surface area contributed by atoms with E-state index in [9.17, 15) is 4.79 Å². The Hall–Kier alpha value is -3.68. The number of carbonyl (C=O) groups excluding carboxylic acids is 1. The average molecular weight is 498 g/mol. The number of benzene rings is 1. The SMILES string of the molecule is COC1C=CC=C2Oc3ncccc3C(=CCCN3CCC4(CC3)OC(=O)Nc3ccc(C)cc34)C=C21. The number of methoxy groups -OCH3 is 1. The van der Waals surface area contributed by atoms with Gasteiger partial charge in [-0.3, -0.25) is 5.32 Å². The molecule has 1 aromatic heterocycles. The lowest BCUT2D eigenvalue weighted by atomic mass is 9.81. The highest BCUT2D eigenvalue weighted by molar-refractivity contribution is 5.89. The van der Waals surface area contributed by atoms with Crippen LogP contribution in [0.5, 0.6) is 5.88 Å². The van der Waals surface area contributed by atoms with Gasteiger partial charge in [-0.1, -0.05) is 29.9 Å². The maximum absolute atomic E-state index is 12.3. The number of hydrogen-bond donors (Lipinski definition) is 1. The molecule has 0 radical (unpaired) electrons. The number of carbonyl (C=O) groups is 1. The summed E-state index contributed by atoms with van der Waals surface area (Å²) in [5.74, 6) is 1.38. The quantitative estimate of drug-likeness (QED) is 0.601. The Morgan fingerprint density at radius 1 is 1.27 bits per heavy atom. The molecule has 6 rings (SSSR count). The van der Waals surface area contributed by atoms with Crippen LogP contribution in [0.15, 0.2) is 78.2 Å². The first-order valence-electron chi connectivity index (χ1n) is 12.8. The number of fused-ring (bicyclic) bond motifs is 4. The number of hydrogen-bond acceptors (Lipinski definition) is 6. The number of nitrogens with zero attached hydrogens (tertiary/aromatic N) is 2. The van der Waals surface area contributed by atoms with Crippen molar-refractivity contribution >= 4 is 17.4 Å². The summed E-state index contributed by atoms with van der Waals surface area (Å²) >= 11 is 0. The predicted molar refractivity (Wildman–Crippen MR) is 142 cm³/mol. The van der Waals surface area contributed by atoms with Crippen molar-refractivity contribution in [2.24, 2.45) is 0 Å². The molecule has 2 aromatic rings. The number of amides is 1. The van der Waals surface area contributed by atoms with E-state index in [1.807, 2.05) is 42.5 Å². The molecular weight excluding hydrogens is 466 g/mol. The van der Waals surface area contributed by atoms with Crippen LogP contribution >= 0.6 is 0 Å². The molecule has 3 aliphatic heterocycles. The third-order valence-electron chi connectivity index (χ3n) is 7.64.